The predicted molar refractivity (Wildman–Crippen MR) is 48.5 cm³/mol. The summed E-state index contributed by atoms with van der Waals surface area (Å²) in [6, 6.07) is 1.64. The van der Waals surface area contributed by atoms with E-state index in [0.717, 1.165) is 12.0 Å². The number of rotatable bonds is 2. The maximum atomic E-state index is 8.81. The lowest BCUT2D eigenvalue weighted by molar-refractivity contribution is 0.425. The Morgan fingerprint density at radius 1 is 1.58 bits per heavy atom. The van der Waals surface area contributed by atoms with E-state index >= 15 is 0 Å². The summed E-state index contributed by atoms with van der Waals surface area (Å²) in [5, 5.41) is 18.0. The molecule has 0 fully saturated rings. The Morgan fingerprint density at radius 3 is 2.75 bits per heavy atom. The van der Waals surface area contributed by atoms with Crippen molar-refractivity contribution in [3.05, 3.63) is 23.0 Å². The lowest BCUT2D eigenvalue weighted by Gasteiger charge is -2.03. The molecule has 0 bridgehead atoms. The highest BCUT2D eigenvalue weighted by molar-refractivity contribution is 6.58. The molecule has 0 amide bonds. The van der Waals surface area contributed by atoms with Crippen molar-refractivity contribution in [3.63, 3.8) is 0 Å². The molecular formula is C7H9BClNO2. The summed E-state index contributed by atoms with van der Waals surface area (Å²) in [6.07, 6.45) is 2.08. The molecule has 0 atom stereocenters. The molecule has 5 heteroatoms. The fourth-order valence-electron chi connectivity index (χ4n) is 0.901. The van der Waals surface area contributed by atoms with E-state index in [1.807, 2.05) is 6.92 Å². The fraction of sp³-hybridized carbons (Fsp3) is 0.286. The summed E-state index contributed by atoms with van der Waals surface area (Å²) in [5.74, 6) is 0. The largest absolute Gasteiger partial charge is 0.490 e. The van der Waals surface area contributed by atoms with Crippen molar-refractivity contribution in [2.45, 2.75) is 13.3 Å². The van der Waals surface area contributed by atoms with Gasteiger partial charge in [-0.2, -0.15) is 0 Å². The van der Waals surface area contributed by atoms with E-state index in [4.69, 9.17) is 21.6 Å². The summed E-state index contributed by atoms with van der Waals surface area (Å²) in [6.45, 7) is 1.93. The Morgan fingerprint density at radius 2 is 2.25 bits per heavy atom. The third-order valence-electron chi connectivity index (χ3n) is 1.61. The van der Waals surface area contributed by atoms with Crippen LogP contribution in [0.5, 0.6) is 0 Å². The highest BCUT2D eigenvalue weighted by atomic mass is 35.5. The van der Waals surface area contributed by atoms with E-state index in [1.165, 1.54) is 6.20 Å². The molecule has 0 spiro atoms. The van der Waals surface area contributed by atoms with Crippen LogP contribution in [0.2, 0.25) is 5.15 Å². The number of aromatic nitrogens is 1. The molecule has 0 aliphatic heterocycles. The molecule has 0 unspecified atom stereocenters. The van der Waals surface area contributed by atoms with Gasteiger partial charge in [0.05, 0.1) is 0 Å². The summed E-state index contributed by atoms with van der Waals surface area (Å²) >= 11 is 5.73. The number of halogens is 1. The lowest BCUT2D eigenvalue weighted by Crippen LogP contribution is -2.30. The normalized spacial score (nSPS) is 10.0. The lowest BCUT2D eigenvalue weighted by atomic mass is 9.81. The van der Waals surface area contributed by atoms with Crippen LogP contribution < -0.4 is 5.46 Å². The third kappa shape index (κ3) is 1.97. The SMILES string of the molecule is CCc1cc(B(O)O)cnc1Cl. The Balaban J connectivity index is 3.05. The van der Waals surface area contributed by atoms with Crippen molar-refractivity contribution >= 4 is 24.2 Å². The van der Waals surface area contributed by atoms with Gasteiger partial charge < -0.3 is 10.0 Å². The first-order valence-corrected chi connectivity index (χ1v) is 4.03. The van der Waals surface area contributed by atoms with Gasteiger partial charge in [0.1, 0.15) is 5.15 Å². The van der Waals surface area contributed by atoms with E-state index in [1.54, 1.807) is 6.07 Å². The minimum Gasteiger partial charge on any atom is -0.423 e. The van der Waals surface area contributed by atoms with Crippen LogP contribution in [-0.2, 0) is 6.42 Å². The van der Waals surface area contributed by atoms with Crippen molar-refractivity contribution in [1.29, 1.82) is 0 Å². The van der Waals surface area contributed by atoms with Gasteiger partial charge in [-0.15, -0.1) is 0 Å². The van der Waals surface area contributed by atoms with Gasteiger partial charge in [0, 0.05) is 11.7 Å². The molecule has 0 aliphatic carbocycles. The molecule has 1 aromatic rings. The average Bonchev–Trinajstić information content (AvgIpc) is 2.05. The van der Waals surface area contributed by atoms with E-state index < -0.39 is 7.12 Å². The first-order valence-electron chi connectivity index (χ1n) is 3.65. The average molecular weight is 185 g/mol. The van der Waals surface area contributed by atoms with Crippen LogP contribution in [0.3, 0.4) is 0 Å². The molecule has 1 aromatic heterocycles. The second-order valence-electron chi connectivity index (χ2n) is 2.45. The molecule has 0 radical (unpaired) electrons. The van der Waals surface area contributed by atoms with Crippen LogP contribution in [0.15, 0.2) is 12.3 Å². The third-order valence-corrected chi connectivity index (χ3v) is 1.95. The Bertz CT molecular complexity index is 280. The monoisotopic (exact) mass is 185 g/mol. The van der Waals surface area contributed by atoms with Crippen molar-refractivity contribution < 1.29 is 10.0 Å². The van der Waals surface area contributed by atoms with Crippen LogP contribution in [-0.4, -0.2) is 22.2 Å². The molecule has 0 aliphatic rings. The van der Waals surface area contributed by atoms with E-state index in [0.29, 0.717) is 10.6 Å². The van der Waals surface area contributed by atoms with Gasteiger partial charge in [-0.1, -0.05) is 24.6 Å². The van der Waals surface area contributed by atoms with Gasteiger partial charge in [-0.3, -0.25) is 0 Å². The van der Waals surface area contributed by atoms with Gasteiger partial charge in [0.2, 0.25) is 0 Å². The smallest absolute Gasteiger partial charge is 0.423 e. The second-order valence-corrected chi connectivity index (χ2v) is 2.80. The van der Waals surface area contributed by atoms with Crippen LogP contribution in [0, 0.1) is 0 Å². The number of nitrogens with zero attached hydrogens (tertiary/aromatic N) is 1. The van der Waals surface area contributed by atoms with Crippen LogP contribution in [0.1, 0.15) is 12.5 Å². The van der Waals surface area contributed by atoms with E-state index in [9.17, 15) is 0 Å². The highest BCUT2D eigenvalue weighted by Gasteiger charge is 2.12. The summed E-state index contributed by atoms with van der Waals surface area (Å²) in [4.78, 5) is 3.82. The molecule has 12 heavy (non-hydrogen) atoms. The van der Waals surface area contributed by atoms with Crippen molar-refractivity contribution in [2.24, 2.45) is 0 Å². The molecule has 3 nitrogen and oxygen atoms in total. The molecule has 0 aromatic carbocycles. The second kappa shape index (κ2) is 3.89. The molecule has 2 N–H and O–H groups in total. The Kier molecular flexibility index (Phi) is 3.09. The minimum absolute atomic E-state index is 0.372. The zero-order valence-electron chi connectivity index (χ0n) is 6.66. The number of hydrogen-bond acceptors (Lipinski definition) is 3. The first kappa shape index (κ1) is 9.51. The van der Waals surface area contributed by atoms with Gasteiger partial charge in [0.15, 0.2) is 0 Å². The van der Waals surface area contributed by atoms with E-state index in [2.05, 4.69) is 4.98 Å². The predicted octanol–water partition coefficient (Wildman–Crippen LogP) is -0.0228. The molecule has 0 saturated heterocycles. The van der Waals surface area contributed by atoms with Crippen LogP contribution >= 0.6 is 11.6 Å². The number of pyridine rings is 1. The summed E-state index contributed by atoms with van der Waals surface area (Å²) in [5.41, 5.74) is 1.19. The molecule has 1 rings (SSSR count). The Labute approximate surface area is 76.2 Å². The van der Waals surface area contributed by atoms with Crippen LogP contribution in [0.25, 0.3) is 0 Å². The number of aryl methyl sites for hydroxylation is 1. The van der Waals surface area contributed by atoms with E-state index in [-0.39, 0.29) is 0 Å². The Hall–Kier alpha value is -0.575. The highest BCUT2D eigenvalue weighted by Crippen LogP contribution is 2.10. The van der Waals surface area contributed by atoms with Crippen LogP contribution in [0.4, 0.5) is 0 Å². The minimum atomic E-state index is -1.47. The maximum absolute atomic E-state index is 8.81. The quantitative estimate of drug-likeness (QED) is 0.503. The standard InChI is InChI=1S/C7H9BClNO2/c1-2-5-3-6(8(11)12)4-10-7(5)9/h3-4,11-12H,2H2,1H3. The van der Waals surface area contributed by atoms with Gasteiger partial charge in [-0.25, -0.2) is 4.98 Å². The van der Waals surface area contributed by atoms with Gasteiger partial charge in [-0.05, 0) is 12.0 Å². The first-order chi connectivity index (χ1) is 5.65. The molecule has 1 heterocycles. The van der Waals surface area contributed by atoms with Crippen molar-refractivity contribution in [3.8, 4) is 0 Å². The molecule has 64 valence electrons. The zero-order valence-corrected chi connectivity index (χ0v) is 7.41. The summed E-state index contributed by atoms with van der Waals surface area (Å²) in [7, 11) is -1.47. The maximum Gasteiger partial charge on any atom is 0.490 e. The molecule has 0 saturated carbocycles. The number of hydrogen-bond donors (Lipinski definition) is 2. The van der Waals surface area contributed by atoms with Crippen molar-refractivity contribution in [1.82, 2.24) is 4.98 Å². The molecular weight excluding hydrogens is 176 g/mol. The topological polar surface area (TPSA) is 53.4 Å². The van der Waals surface area contributed by atoms with Gasteiger partial charge in [0.25, 0.3) is 0 Å². The van der Waals surface area contributed by atoms with Crippen molar-refractivity contribution in [2.75, 3.05) is 0 Å². The van der Waals surface area contributed by atoms with Gasteiger partial charge >= 0.3 is 7.12 Å². The summed E-state index contributed by atoms with van der Waals surface area (Å²) < 4.78 is 0. The zero-order chi connectivity index (χ0) is 9.14. The fourth-order valence-corrected chi connectivity index (χ4v) is 1.14.